The van der Waals surface area contributed by atoms with Crippen molar-refractivity contribution in [2.24, 2.45) is 0 Å². The standard InChI is InChI=1S/C28H30ClNO/c1-31-27-9-5-8-24(17-27)28-14-15-30(20-21-6-3-2-4-7-21)26(19-28)16-23(18-28)22-10-12-25(29)13-11-22/h2-13,17,23,26H,14-16,18-20H2,1H3/t23-,26-,28-/m1/s1. The van der Waals surface area contributed by atoms with E-state index < -0.39 is 0 Å². The molecule has 0 N–H and O–H groups in total. The zero-order valence-corrected chi connectivity index (χ0v) is 18.9. The average molecular weight is 432 g/mol. The maximum Gasteiger partial charge on any atom is 0.119 e. The van der Waals surface area contributed by atoms with E-state index in [1.807, 2.05) is 12.1 Å². The molecule has 0 radical (unpaired) electrons. The minimum Gasteiger partial charge on any atom is -0.497 e. The molecule has 3 atom stereocenters. The van der Waals surface area contributed by atoms with Crippen molar-refractivity contribution in [3.8, 4) is 5.75 Å². The smallest absolute Gasteiger partial charge is 0.119 e. The van der Waals surface area contributed by atoms with Crippen molar-refractivity contribution in [3.05, 3.63) is 101 Å². The predicted molar refractivity (Wildman–Crippen MR) is 128 cm³/mol. The molecule has 1 saturated carbocycles. The number of methoxy groups -OCH3 is 1. The Kier molecular flexibility index (Phi) is 5.77. The molecule has 3 heteroatoms. The van der Waals surface area contributed by atoms with E-state index in [1.165, 1.54) is 42.4 Å². The first-order chi connectivity index (χ1) is 15.1. The molecule has 0 spiro atoms. The molecular weight excluding hydrogens is 402 g/mol. The summed E-state index contributed by atoms with van der Waals surface area (Å²) >= 11 is 6.19. The fraction of sp³-hybridized carbons (Fsp3) is 0.357. The van der Waals surface area contributed by atoms with Crippen LogP contribution < -0.4 is 4.74 Å². The summed E-state index contributed by atoms with van der Waals surface area (Å²) in [4.78, 5) is 2.72. The molecule has 3 aromatic rings. The van der Waals surface area contributed by atoms with E-state index >= 15 is 0 Å². The van der Waals surface area contributed by atoms with Crippen molar-refractivity contribution in [2.75, 3.05) is 13.7 Å². The summed E-state index contributed by atoms with van der Waals surface area (Å²) in [6.45, 7) is 2.18. The quantitative estimate of drug-likeness (QED) is 0.439. The third kappa shape index (κ3) is 4.24. The van der Waals surface area contributed by atoms with Gasteiger partial charge in [-0.1, -0.05) is 66.2 Å². The van der Waals surface area contributed by atoms with Crippen molar-refractivity contribution in [1.29, 1.82) is 0 Å². The molecule has 160 valence electrons. The molecule has 2 nitrogen and oxygen atoms in total. The van der Waals surface area contributed by atoms with E-state index in [9.17, 15) is 0 Å². The Morgan fingerprint density at radius 3 is 2.55 bits per heavy atom. The number of piperidine rings is 1. The minimum atomic E-state index is 0.203. The van der Waals surface area contributed by atoms with Gasteiger partial charge in [-0.05, 0) is 84.5 Å². The van der Waals surface area contributed by atoms with Crippen LogP contribution in [0.4, 0.5) is 0 Å². The fourth-order valence-electron chi connectivity index (χ4n) is 5.87. The van der Waals surface area contributed by atoms with Crippen LogP contribution in [-0.4, -0.2) is 24.6 Å². The van der Waals surface area contributed by atoms with Gasteiger partial charge in [-0.15, -0.1) is 0 Å². The highest BCUT2D eigenvalue weighted by Crippen LogP contribution is 2.52. The van der Waals surface area contributed by atoms with Crippen LogP contribution in [0.25, 0.3) is 0 Å². The lowest BCUT2D eigenvalue weighted by atomic mass is 9.59. The molecule has 1 aliphatic heterocycles. The first kappa shape index (κ1) is 20.6. The van der Waals surface area contributed by atoms with E-state index in [0.29, 0.717) is 12.0 Å². The normalized spacial score (nSPS) is 25.9. The van der Waals surface area contributed by atoms with Gasteiger partial charge in [0.1, 0.15) is 5.75 Å². The van der Waals surface area contributed by atoms with Gasteiger partial charge >= 0.3 is 0 Å². The van der Waals surface area contributed by atoms with Crippen LogP contribution in [0.3, 0.4) is 0 Å². The molecule has 2 fully saturated rings. The zero-order chi connectivity index (χ0) is 21.3. The monoisotopic (exact) mass is 431 g/mol. The van der Waals surface area contributed by atoms with Gasteiger partial charge in [-0.3, -0.25) is 4.90 Å². The molecule has 2 bridgehead atoms. The molecule has 31 heavy (non-hydrogen) atoms. The van der Waals surface area contributed by atoms with Gasteiger partial charge in [0.25, 0.3) is 0 Å². The third-order valence-corrected chi connectivity index (χ3v) is 7.72. The minimum absolute atomic E-state index is 0.203. The first-order valence-electron chi connectivity index (χ1n) is 11.3. The van der Waals surface area contributed by atoms with Crippen LogP contribution in [-0.2, 0) is 12.0 Å². The van der Waals surface area contributed by atoms with Crippen molar-refractivity contribution in [2.45, 2.75) is 49.6 Å². The number of nitrogens with zero attached hydrogens (tertiary/aromatic N) is 1. The number of halogens is 1. The van der Waals surface area contributed by atoms with Crippen LogP contribution in [0.15, 0.2) is 78.9 Å². The maximum absolute atomic E-state index is 6.19. The molecule has 0 aromatic heterocycles. The average Bonchev–Trinajstić information content (AvgIpc) is 2.82. The lowest BCUT2D eigenvalue weighted by Crippen LogP contribution is -2.53. The van der Waals surface area contributed by atoms with E-state index in [2.05, 4.69) is 71.6 Å². The summed E-state index contributed by atoms with van der Waals surface area (Å²) in [6, 6.07) is 28.8. The summed E-state index contributed by atoms with van der Waals surface area (Å²) in [7, 11) is 1.76. The van der Waals surface area contributed by atoms with E-state index in [0.717, 1.165) is 23.9 Å². The number of rotatable bonds is 5. The van der Waals surface area contributed by atoms with Crippen molar-refractivity contribution in [3.63, 3.8) is 0 Å². The number of fused-ring (bicyclic) bond motifs is 2. The molecule has 0 amide bonds. The summed E-state index contributed by atoms with van der Waals surface area (Å²) in [5.41, 5.74) is 4.47. The summed E-state index contributed by atoms with van der Waals surface area (Å²) in [6.07, 6.45) is 4.81. The molecule has 1 saturated heterocycles. The molecule has 3 aromatic carbocycles. The molecule has 1 heterocycles. The molecule has 0 unspecified atom stereocenters. The van der Waals surface area contributed by atoms with Gasteiger partial charge in [0.05, 0.1) is 7.11 Å². The maximum atomic E-state index is 6.19. The Morgan fingerprint density at radius 2 is 1.77 bits per heavy atom. The molecule has 1 aliphatic carbocycles. The predicted octanol–water partition coefficient (Wildman–Crippen LogP) is 6.83. The number of hydrogen-bond acceptors (Lipinski definition) is 2. The SMILES string of the molecule is COc1cccc([C@]23CCN(Cc4ccccc4)[C@H](C[C@@H](c4ccc(Cl)cc4)C2)C3)c1. The highest BCUT2D eigenvalue weighted by atomic mass is 35.5. The van der Waals surface area contributed by atoms with Crippen LogP contribution in [0.5, 0.6) is 5.75 Å². The number of likely N-dealkylation sites (tertiary alicyclic amines) is 1. The van der Waals surface area contributed by atoms with Gasteiger partial charge in [0.2, 0.25) is 0 Å². The fourth-order valence-corrected chi connectivity index (χ4v) is 6.00. The topological polar surface area (TPSA) is 12.5 Å². The molecule has 2 aliphatic rings. The summed E-state index contributed by atoms with van der Waals surface area (Å²) in [5.74, 6) is 1.50. The largest absolute Gasteiger partial charge is 0.497 e. The summed E-state index contributed by atoms with van der Waals surface area (Å²) < 4.78 is 5.58. The Hall–Kier alpha value is -2.29. The van der Waals surface area contributed by atoms with Gasteiger partial charge < -0.3 is 4.74 Å². The second-order valence-corrected chi connectivity index (χ2v) is 9.70. The Morgan fingerprint density at radius 1 is 0.968 bits per heavy atom. The van der Waals surface area contributed by atoms with E-state index in [1.54, 1.807) is 7.11 Å². The highest BCUT2D eigenvalue weighted by Gasteiger charge is 2.47. The van der Waals surface area contributed by atoms with Gasteiger partial charge in [-0.25, -0.2) is 0 Å². The van der Waals surface area contributed by atoms with Crippen LogP contribution in [0.1, 0.15) is 48.3 Å². The van der Waals surface area contributed by atoms with E-state index in [-0.39, 0.29) is 5.41 Å². The third-order valence-electron chi connectivity index (χ3n) is 7.47. The van der Waals surface area contributed by atoms with Gasteiger partial charge in [-0.2, -0.15) is 0 Å². The zero-order valence-electron chi connectivity index (χ0n) is 18.1. The van der Waals surface area contributed by atoms with Gasteiger partial charge in [0.15, 0.2) is 0 Å². The Bertz CT molecular complexity index is 1020. The lowest BCUT2D eigenvalue weighted by molar-refractivity contribution is 0.0359. The molecular formula is C28H30ClNO. The van der Waals surface area contributed by atoms with Crippen LogP contribution in [0.2, 0.25) is 5.02 Å². The number of ether oxygens (including phenoxy) is 1. The number of benzene rings is 3. The van der Waals surface area contributed by atoms with Crippen molar-refractivity contribution < 1.29 is 4.74 Å². The van der Waals surface area contributed by atoms with Gasteiger partial charge in [0, 0.05) is 17.6 Å². The van der Waals surface area contributed by atoms with Crippen molar-refractivity contribution in [1.82, 2.24) is 4.90 Å². The Balaban J connectivity index is 1.48. The summed E-state index contributed by atoms with van der Waals surface area (Å²) in [5, 5.41) is 0.813. The second-order valence-electron chi connectivity index (χ2n) is 9.26. The van der Waals surface area contributed by atoms with Crippen LogP contribution in [0, 0.1) is 0 Å². The highest BCUT2D eigenvalue weighted by molar-refractivity contribution is 6.30. The Labute approximate surface area is 190 Å². The number of hydrogen-bond donors (Lipinski definition) is 0. The van der Waals surface area contributed by atoms with Crippen molar-refractivity contribution >= 4 is 11.6 Å². The lowest BCUT2D eigenvalue weighted by Gasteiger charge is -2.53. The first-order valence-corrected chi connectivity index (χ1v) is 11.7. The van der Waals surface area contributed by atoms with E-state index in [4.69, 9.17) is 16.3 Å². The molecule has 5 rings (SSSR count). The second kappa shape index (κ2) is 8.68. The van der Waals surface area contributed by atoms with Crippen LogP contribution >= 0.6 is 11.6 Å².